The van der Waals surface area contributed by atoms with Gasteiger partial charge in [-0.15, -0.1) is 0 Å². The van der Waals surface area contributed by atoms with Crippen molar-refractivity contribution in [3.63, 3.8) is 0 Å². The van der Waals surface area contributed by atoms with Gasteiger partial charge in [-0.05, 0) is 35.0 Å². The lowest BCUT2D eigenvalue weighted by Gasteiger charge is -2.43. The topological polar surface area (TPSA) is 50.8 Å². The minimum absolute atomic E-state index is 0.00365. The Hall–Kier alpha value is -1.18. The molecule has 2 fully saturated rings. The summed E-state index contributed by atoms with van der Waals surface area (Å²) in [5, 5.41) is 3.24. The number of benzene rings is 1. The SMILES string of the molecule is COc1cc(Br)c(F)cc1N1C(=O)CO[C@H]2CNCC[C@@H]21. The summed E-state index contributed by atoms with van der Waals surface area (Å²) in [5.41, 5.74) is 0.461. The largest absolute Gasteiger partial charge is 0.495 e. The number of nitrogens with zero attached hydrogens (tertiary/aromatic N) is 1. The van der Waals surface area contributed by atoms with Crippen LogP contribution >= 0.6 is 15.9 Å². The van der Waals surface area contributed by atoms with Gasteiger partial charge in [0, 0.05) is 12.6 Å². The third kappa shape index (κ3) is 2.65. The molecule has 2 atom stereocenters. The summed E-state index contributed by atoms with van der Waals surface area (Å²) < 4.78 is 25.1. The zero-order valence-corrected chi connectivity index (χ0v) is 13.2. The van der Waals surface area contributed by atoms with E-state index in [9.17, 15) is 9.18 Å². The molecule has 2 heterocycles. The molecule has 1 N–H and O–H groups in total. The number of ether oxygens (including phenoxy) is 2. The van der Waals surface area contributed by atoms with Gasteiger partial charge >= 0.3 is 0 Å². The third-order valence-corrected chi connectivity index (χ3v) is 4.50. The van der Waals surface area contributed by atoms with Gasteiger partial charge in [0.15, 0.2) is 0 Å². The van der Waals surface area contributed by atoms with Crippen LogP contribution in [-0.2, 0) is 9.53 Å². The lowest BCUT2D eigenvalue weighted by molar-refractivity contribution is -0.133. The first kappa shape index (κ1) is 14.7. The average Bonchev–Trinajstić information content (AvgIpc) is 2.50. The van der Waals surface area contributed by atoms with E-state index in [2.05, 4.69) is 21.2 Å². The molecule has 2 aliphatic heterocycles. The Balaban J connectivity index is 2.03. The number of anilines is 1. The molecule has 0 spiro atoms. The Bertz CT molecular complexity index is 569. The molecule has 114 valence electrons. The van der Waals surface area contributed by atoms with Crippen molar-refractivity contribution in [1.29, 1.82) is 0 Å². The van der Waals surface area contributed by atoms with Gasteiger partial charge in [0.05, 0.1) is 29.4 Å². The molecule has 2 aliphatic rings. The molecule has 1 aromatic carbocycles. The first-order valence-corrected chi connectivity index (χ1v) is 7.58. The maximum atomic E-state index is 13.9. The number of morpholine rings is 1. The number of amides is 1. The maximum Gasteiger partial charge on any atom is 0.253 e. The van der Waals surface area contributed by atoms with Gasteiger partial charge in [-0.2, -0.15) is 0 Å². The first-order valence-electron chi connectivity index (χ1n) is 6.79. The van der Waals surface area contributed by atoms with Gasteiger partial charge in [0.2, 0.25) is 0 Å². The van der Waals surface area contributed by atoms with E-state index < -0.39 is 5.82 Å². The second-order valence-electron chi connectivity index (χ2n) is 5.11. The molecular formula is C14H16BrFN2O3. The van der Waals surface area contributed by atoms with Gasteiger partial charge in [0.1, 0.15) is 18.2 Å². The summed E-state index contributed by atoms with van der Waals surface area (Å²) in [5.74, 6) is -0.121. The maximum absolute atomic E-state index is 13.9. The van der Waals surface area contributed by atoms with Gasteiger partial charge < -0.3 is 19.7 Å². The van der Waals surface area contributed by atoms with Crippen molar-refractivity contribution in [3.05, 3.63) is 22.4 Å². The van der Waals surface area contributed by atoms with Crippen LogP contribution < -0.4 is 15.0 Å². The number of halogens is 2. The Morgan fingerprint density at radius 3 is 3.10 bits per heavy atom. The first-order chi connectivity index (χ1) is 10.1. The fourth-order valence-corrected chi connectivity index (χ4v) is 3.22. The lowest BCUT2D eigenvalue weighted by atomic mass is 9.98. The van der Waals surface area contributed by atoms with Gasteiger partial charge in [-0.25, -0.2) is 4.39 Å². The average molecular weight is 359 g/mol. The highest BCUT2D eigenvalue weighted by Gasteiger charge is 2.40. The van der Waals surface area contributed by atoms with E-state index in [-0.39, 0.29) is 24.7 Å². The minimum atomic E-state index is -0.421. The number of carbonyl (C=O) groups excluding carboxylic acids is 1. The zero-order valence-electron chi connectivity index (χ0n) is 11.6. The van der Waals surface area contributed by atoms with Crippen LogP contribution in [0.1, 0.15) is 6.42 Å². The summed E-state index contributed by atoms with van der Waals surface area (Å²) in [6.07, 6.45) is 0.685. The second-order valence-corrected chi connectivity index (χ2v) is 5.97. The molecule has 2 saturated heterocycles. The number of methoxy groups -OCH3 is 1. The summed E-state index contributed by atoms with van der Waals surface area (Å²) in [7, 11) is 1.51. The number of rotatable bonds is 2. The van der Waals surface area contributed by atoms with Crippen molar-refractivity contribution in [2.45, 2.75) is 18.6 Å². The van der Waals surface area contributed by atoms with Crippen LogP contribution in [0.3, 0.4) is 0 Å². The number of piperidine rings is 1. The lowest BCUT2D eigenvalue weighted by Crippen LogP contribution is -2.61. The number of carbonyl (C=O) groups is 1. The molecule has 0 aromatic heterocycles. The number of hydrogen-bond donors (Lipinski definition) is 1. The van der Waals surface area contributed by atoms with E-state index in [1.807, 2.05) is 0 Å². The van der Waals surface area contributed by atoms with Crippen LogP contribution in [0.2, 0.25) is 0 Å². The van der Waals surface area contributed by atoms with E-state index in [0.29, 0.717) is 22.5 Å². The van der Waals surface area contributed by atoms with E-state index >= 15 is 0 Å². The van der Waals surface area contributed by atoms with Crippen molar-refractivity contribution in [2.75, 3.05) is 31.7 Å². The predicted molar refractivity (Wildman–Crippen MR) is 79.2 cm³/mol. The molecule has 5 nitrogen and oxygen atoms in total. The van der Waals surface area contributed by atoms with E-state index in [1.165, 1.54) is 13.2 Å². The van der Waals surface area contributed by atoms with Gasteiger partial charge in [-0.1, -0.05) is 0 Å². The molecule has 0 unspecified atom stereocenters. The Morgan fingerprint density at radius 2 is 2.33 bits per heavy atom. The molecule has 0 bridgehead atoms. The van der Waals surface area contributed by atoms with Crippen molar-refractivity contribution in [1.82, 2.24) is 5.32 Å². The predicted octanol–water partition coefficient (Wildman–Crippen LogP) is 1.69. The minimum Gasteiger partial charge on any atom is -0.495 e. The molecule has 3 rings (SSSR count). The smallest absolute Gasteiger partial charge is 0.253 e. The molecular weight excluding hydrogens is 343 g/mol. The van der Waals surface area contributed by atoms with Crippen LogP contribution in [0.5, 0.6) is 5.75 Å². The van der Waals surface area contributed by atoms with Crippen LogP contribution in [0.15, 0.2) is 16.6 Å². The fraction of sp³-hybridized carbons (Fsp3) is 0.500. The van der Waals surface area contributed by atoms with Crippen LogP contribution in [0.4, 0.5) is 10.1 Å². The monoisotopic (exact) mass is 358 g/mol. The molecule has 0 aliphatic carbocycles. The molecule has 1 amide bonds. The zero-order chi connectivity index (χ0) is 15.0. The van der Waals surface area contributed by atoms with E-state index in [1.54, 1.807) is 11.0 Å². The molecule has 0 saturated carbocycles. The van der Waals surface area contributed by atoms with Gasteiger partial charge in [-0.3, -0.25) is 4.79 Å². The Morgan fingerprint density at radius 1 is 1.52 bits per heavy atom. The van der Waals surface area contributed by atoms with Crippen molar-refractivity contribution >= 4 is 27.5 Å². The molecule has 21 heavy (non-hydrogen) atoms. The molecule has 0 radical (unpaired) electrons. The highest BCUT2D eigenvalue weighted by Crippen LogP contribution is 2.37. The summed E-state index contributed by atoms with van der Waals surface area (Å²) in [4.78, 5) is 13.9. The quantitative estimate of drug-likeness (QED) is 0.873. The standard InChI is InChI=1S/C14H16BrFN2O3/c1-20-12-4-8(15)9(16)5-11(12)18-10-2-3-17-6-13(10)21-7-14(18)19/h4-5,10,13,17H,2-3,6-7H2,1H3/t10-,13-/m0/s1. The normalized spacial score (nSPS) is 25.7. The second kappa shape index (κ2) is 5.90. The van der Waals surface area contributed by atoms with Crippen LogP contribution in [0.25, 0.3) is 0 Å². The van der Waals surface area contributed by atoms with E-state index in [4.69, 9.17) is 9.47 Å². The molecule has 1 aromatic rings. The Kier molecular flexibility index (Phi) is 4.14. The molecule has 7 heteroatoms. The summed E-state index contributed by atoms with van der Waals surface area (Å²) >= 11 is 3.14. The number of fused-ring (bicyclic) bond motifs is 1. The fourth-order valence-electron chi connectivity index (χ4n) is 2.90. The van der Waals surface area contributed by atoms with E-state index in [0.717, 1.165) is 13.0 Å². The van der Waals surface area contributed by atoms with Crippen molar-refractivity contribution in [2.24, 2.45) is 0 Å². The van der Waals surface area contributed by atoms with Gasteiger partial charge in [0.25, 0.3) is 5.91 Å². The van der Waals surface area contributed by atoms with Crippen molar-refractivity contribution in [3.8, 4) is 5.75 Å². The highest BCUT2D eigenvalue weighted by atomic mass is 79.9. The number of hydrogen-bond acceptors (Lipinski definition) is 4. The van der Waals surface area contributed by atoms with Crippen LogP contribution in [-0.4, -0.2) is 44.9 Å². The Labute approximate surface area is 130 Å². The summed E-state index contributed by atoms with van der Waals surface area (Å²) in [6.45, 7) is 1.50. The third-order valence-electron chi connectivity index (χ3n) is 3.89. The summed E-state index contributed by atoms with van der Waals surface area (Å²) in [6, 6.07) is 2.79. The highest BCUT2D eigenvalue weighted by molar-refractivity contribution is 9.10. The number of nitrogens with one attached hydrogen (secondary N) is 1. The van der Waals surface area contributed by atoms with Crippen molar-refractivity contribution < 1.29 is 18.7 Å². The van der Waals surface area contributed by atoms with Crippen LogP contribution in [0, 0.1) is 5.82 Å².